The van der Waals surface area contributed by atoms with Crippen molar-refractivity contribution in [1.82, 2.24) is 25.1 Å². The highest BCUT2D eigenvalue weighted by atomic mass is 16.5. The summed E-state index contributed by atoms with van der Waals surface area (Å²) in [5.74, 6) is 1.42. The zero-order chi connectivity index (χ0) is 25.9. The Hall–Kier alpha value is -3.82. The number of aromatic amines is 1. The van der Waals surface area contributed by atoms with Crippen LogP contribution in [0.25, 0.3) is 22.0 Å². The molecule has 4 aromatic rings. The molecule has 0 spiro atoms. The van der Waals surface area contributed by atoms with Crippen molar-refractivity contribution < 1.29 is 9.53 Å². The van der Waals surface area contributed by atoms with E-state index >= 15 is 0 Å². The van der Waals surface area contributed by atoms with E-state index in [0.717, 1.165) is 66.5 Å². The van der Waals surface area contributed by atoms with Crippen LogP contribution < -0.4 is 10.2 Å². The van der Waals surface area contributed by atoms with Crippen LogP contribution in [-0.2, 0) is 11.3 Å². The van der Waals surface area contributed by atoms with Crippen molar-refractivity contribution in [2.45, 2.75) is 26.3 Å². The Morgan fingerprint density at radius 3 is 2.66 bits per heavy atom. The van der Waals surface area contributed by atoms with Crippen molar-refractivity contribution in [2.75, 3.05) is 49.6 Å². The minimum atomic E-state index is -0.277. The zero-order valence-electron chi connectivity index (χ0n) is 21.7. The first-order valence-electron chi connectivity index (χ1n) is 13.4. The second-order valence-electron chi connectivity index (χ2n) is 10.3. The van der Waals surface area contributed by atoms with Gasteiger partial charge in [0.2, 0.25) is 0 Å². The van der Waals surface area contributed by atoms with Gasteiger partial charge in [-0.05, 0) is 73.3 Å². The molecule has 9 heteroatoms. The van der Waals surface area contributed by atoms with Crippen LogP contribution in [0.4, 0.5) is 11.5 Å². The Bertz CT molecular complexity index is 1400. The Balaban J connectivity index is 1.18. The molecule has 3 aromatic heterocycles. The molecule has 0 aliphatic carbocycles. The largest absolute Gasteiger partial charge is 0.378 e. The van der Waals surface area contributed by atoms with Crippen LogP contribution in [0.3, 0.4) is 0 Å². The summed E-state index contributed by atoms with van der Waals surface area (Å²) < 4.78 is 5.41. The van der Waals surface area contributed by atoms with Crippen LogP contribution in [0.1, 0.15) is 35.8 Å². The number of H-pyrrole nitrogens is 1. The van der Waals surface area contributed by atoms with Gasteiger partial charge >= 0.3 is 0 Å². The van der Waals surface area contributed by atoms with E-state index in [4.69, 9.17) is 4.74 Å². The fraction of sp³-hybridized carbons (Fsp3) is 0.379. The Morgan fingerprint density at radius 1 is 1.03 bits per heavy atom. The van der Waals surface area contributed by atoms with E-state index < -0.39 is 0 Å². The van der Waals surface area contributed by atoms with Crippen LogP contribution in [0, 0.1) is 5.92 Å². The maximum atomic E-state index is 13.2. The number of carbonyl (C=O) groups is 1. The molecule has 1 aromatic carbocycles. The van der Waals surface area contributed by atoms with Gasteiger partial charge in [0.15, 0.2) is 5.69 Å². The van der Waals surface area contributed by atoms with Gasteiger partial charge in [-0.1, -0.05) is 13.0 Å². The Morgan fingerprint density at radius 2 is 1.87 bits per heavy atom. The van der Waals surface area contributed by atoms with Crippen LogP contribution in [0.5, 0.6) is 0 Å². The number of likely N-dealkylation sites (tertiary alicyclic amines) is 1. The minimum Gasteiger partial charge on any atom is -0.378 e. The summed E-state index contributed by atoms with van der Waals surface area (Å²) in [6.45, 7) is 8.55. The number of ether oxygens (including phenoxy) is 1. The van der Waals surface area contributed by atoms with Gasteiger partial charge in [0, 0.05) is 43.0 Å². The zero-order valence-corrected chi connectivity index (χ0v) is 21.7. The average molecular weight is 512 g/mol. The third-order valence-corrected chi connectivity index (χ3v) is 7.53. The summed E-state index contributed by atoms with van der Waals surface area (Å²) in [7, 11) is 0. The lowest BCUT2D eigenvalue weighted by Crippen LogP contribution is -2.36. The number of amides is 1. The smallest absolute Gasteiger partial charge is 0.276 e. The standard InChI is InChI=1S/C29H33N7O2/c1-20-6-8-35(9-7-20)19-21-14-23(17-30-16-21)22-2-4-26-25(15-22)28(34-33-26)29(37)32-24-3-5-27(31-18-24)36-10-12-38-13-11-36/h2-5,14-18,20H,6-13,19H2,1H3,(H,32,37)(H,33,34). The number of pyridine rings is 2. The lowest BCUT2D eigenvalue weighted by molar-refractivity contribution is 0.102. The number of carbonyl (C=O) groups excluding carboxylic acids is 1. The van der Waals surface area contributed by atoms with E-state index in [0.29, 0.717) is 24.6 Å². The van der Waals surface area contributed by atoms with Crippen molar-refractivity contribution >= 4 is 28.3 Å². The van der Waals surface area contributed by atoms with Crippen molar-refractivity contribution in [3.05, 3.63) is 66.2 Å². The van der Waals surface area contributed by atoms with Gasteiger partial charge in [0.05, 0.1) is 30.6 Å². The number of nitrogens with zero attached hydrogens (tertiary/aromatic N) is 5. The molecule has 5 heterocycles. The molecule has 196 valence electrons. The highest BCUT2D eigenvalue weighted by Gasteiger charge is 2.18. The first-order valence-corrected chi connectivity index (χ1v) is 13.4. The number of anilines is 2. The first kappa shape index (κ1) is 24.5. The fourth-order valence-electron chi connectivity index (χ4n) is 5.21. The van der Waals surface area contributed by atoms with E-state index in [1.54, 1.807) is 6.20 Å². The highest BCUT2D eigenvalue weighted by Crippen LogP contribution is 2.27. The second kappa shape index (κ2) is 10.9. The molecule has 2 aliphatic heterocycles. The SMILES string of the molecule is CC1CCN(Cc2cncc(-c3ccc4[nH]nc(C(=O)Nc5ccc(N6CCOCC6)nc5)c4c3)c2)CC1. The summed E-state index contributed by atoms with van der Waals surface area (Å²) >= 11 is 0. The molecule has 2 N–H and O–H groups in total. The monoisotopic (exact) mass is 511 g/mol. The summed E-state index contributed by atoms with van der Waals surface area (Å²) in [6, 6.07) is 12.0. The van der Waals surface area contributed by atoms with Gasteiger partial charge in [0.25, 0.3) is 5.91 Å². The third-order valence-electron chi connectivity index (χ3n) is 7.53. The summed E-state index contributed by atoms with van der Waals surface area (Å²) in [5.41, 5.74) is 5.03. The molecule has 0 saturated carbocycles. The predicted molar refractivity (Wildman–Crippen MR) is 148 cm³/mol. The Kier molecular flexibility index (Phi) is 7.02. The van der Waals surface area contributed by atoms with Gasteiger partial charge in [-0.15, -0.1) is 0 Å². The van der Waals surface area contributed by atoms with Crippen LogP contribution >= 0.6 is 0 Å². The van der Waals surface area contributed by atoms with Gasteiger partial charge in [0.1, 0.15) is 5.82 Å². The quantitative estimate of drug-likeness (QED) is 0.397. The molecule has 0 atom stereocenters. The summed E-state index contributed by atoms with van der Waals surface area (Å²) in [6.07, 6.45) is 8.02. The molecular formula is C29H33N7O2. The number of benzene rings is 1. The maximum Gasteiger partial charge on any atom is 0.276 e. The lowest BCUT2D eigenvalue weighted by atomic mass is 9.98. The fourth-order valence-corrected chi connectivity index (χ4v) is 5.21. The molecule has 0 radical (unpaired) electrons. The van der Waals surface area contributed by atoms with Crippen LogP contribution in [-0.4, -0.2) is 70.4 Å². The molecule has 1 amide bonds. The molecule has 6 rings (SSSR count). The third kappa shape index (κ3) is 5.39. The number of hydrogen-bond donors (Lipinski definition) is 2. The molecule has 38 heavy (non-hydrogen) atoms. The van der Waals surface area contributed by atoms with Gasteiger partial charge < -0.3 is 15.0 Å². The molecule has 2 saturated heterocycles. The number of rotatable bonds is 6. The van der Waals surface area contributed by atoms with Crippen LogP contribution in [0.15, 0.2) is 55.0 Å². The van der Waals surface area contributed by atoms with E-state index in [9.17, 15) is 4.79 Å². The lowest BCUT2D eigenvalue weighted by Gasteiger charge is -2.30. The number of fused-ring (bicyclic) bond motifs is 1. The second-order valence-corrected chi connectivity index (χ2v) is 10.3. The van der Waals surface area contributed by atoms with Gasteiger partial charge in [-0.25, -0.2) is 4.98 Å². The van der Waals surface area contributed by atoms with Crippen molar-refractivity contribution in [1.29, 1.82) is 0 Å². The number of hydrogen-bond acceptors (Lipinski definition) is 7. The molecular weight excluding hydrogens is 478 g/mol. The van der Waals surface area contributed by atoms with Crippen molar-refractivity contribution in [3.63, 3.8) is 0 Å². The molecule has 2 aliphatic rings. The maximum absolute atomic E-state index is 13.2. The summed E-state index contributed by atoms with van der Waals surface area (Å²) in [5, 5.41) is 11.0. The predicted octanol–water partition coefficient (Wildman–Crippen LogP) is 4.34. The highest BCUT2D eigenvalue weighted by molar-refractivity contribution is 6.11. The van der Waals surface area contributed by atoms with E-state index in [1.807, 2.05) is 42.7 Å². The molecule has 2 fully saturated rings. The molecule has 0 unspecified atom stereocenters. The van der Waals surface area contributed by atoms with Crippen molar-refractivity contribution in [3.8, 4) is 11.1 Å². The van der Waals surface area contributed by atoms with E-state index in [2.05, 4.69) is 48.3 Å². The van der Waals surface area contributed by atoms with Gasteiger partial charge in [-0.3, -0.25) is 19.8 Å². The van der Waals surface area contributed by atoms with Crippen molar-refractivity contribution in [2.24, 2.45) is 5.92 Å². The van der Waals surface area contributed by atoms with E-state index in [1.165, 1.54) is 18.4 Å². The first-order chi connectivity index (χ1) is 18.6. The summed E-state index contributed by atoms with van der Waals surface area (Å²) in [4.78, 5) is 26.9. The normalized spacial score (nSPS) is 17.1. The molecule has 9 nitrogen and oxygen atoms in total. The van der Waals surface area contributed by atoms with E-state index in [-0.39, 0.29) is 5.91 Å². The topological polar surface area (TPSA) is 99.3 Å². The number of piperidine rings is 1. The number of aromatic nitrogens is 4. The Labute approximate surface area is 222 Å². The van der Waals surface area contributed by atoms with Crippen LogP contribution in [0.2, 0.25) is 0 Å². The molecule has 0 bridgehead atoms. The van der Waals surface area contributed by atoms with Gasteiger partial charge in [-0.2, -0.15) is 5.10 Å². The minimum absolute atomic E-state index is 0.277. The number of nitrogens with one attached hydrogen (secondary N) is 2. The average Bonchev–Trinajstić information content (AvgIpc) is 3.39. The number of morpholine rings is 1.